The van der Waals surface area contributed by atoms with Crippen molar-refractivity contribution >= 4 is 5.69 Å². The van der Waals surface area contributed by atoms with Crippen molar-refractivity contribution in [1.82, 2.24) is 9.97 Å². The summed E-state index contributed by atoms with van der Waals surface area (Å²) in [5, 5.41) is 0. The van der Waals surface area contributed by atoms with Crippen molar-refractivity contribution in [2.75, 3.05) is 5.73 Å². The molecule has 0 aliphatic heterocycles. The van der Waals surface area contributed by atoms with Crippen LogP contribution in [0.1, 0.15) is 37.4 Å². The van der Waals surface area contributed by atoms with Gasteiger partial charge in [-0.2, -0.15) is 0 Å². The molecule has 3 N–H and O–H groups in total. The lowest BCUT2D eigenvalue weighted by molar-refractivity contribution is 0.664. The van der Waals surface area contributed by atoms with Gasteiger partial charge in [-0.1, -0.05) is 12.8 Å². The van der Waals surface area contributed by atoms with Gasteiger partial charge in [0.1, 0.15) is 11.5 Å². The summed E-state index contributed by atoms with van der Waals surface area (Å²) in [6.45, 7) is 0. The summed E-state index contributed by atoms with van der Waals surface area (Å²) < 4.78 is 0. The minimum atomic E-state index is -0.211. The smallest absolute Gasteiger partial charge is 0.274 e. The Morgan fingerprint density at radius 3 is 2.77 bits per heavy atom. The molecule has 1 aromatic heterocycles. The zero-order valence-electron chi connectivity index (χ0n) is 7.42. The van der Waals surface area contributed by atoms with Crippen LogP contribution in [0.2, 0.25) is 0 Å². The van der Waals surface area contributed by atoms with Crippen molar-refractivity contribution in [3.63, 3.8) is 0 Å². The lowest BCUT2D eigenvalue weighted by atomic mass is 10.1. The van der Waals surface area contributed by atoms with E-state index in [1.165, 1.54) is 19.0 Å². The molecule has 70 valence electrons. The number of nitrogens with two attached hydrogens (primary N) is 1. The Balaban J connectivity index is 2.30. The fourth-order valence-corrected chi connectivity index (χ4v) is 1.83. The molecule has 1 aliphatic rings. The minimum Gasteiger partial charge on any atom is -0.393 e. The van der Waals surface area contributed by atoms with E-state index < -0.39 is 0 Å². The average Bonchev–Trinajstić information content (AvgIpc) is 2.62. The number of nitrogens with one attached hydrogen (secondary N) is 1. The van der Waals surface area contributed by atoms with Gasteiger partial charge in [0.05, 0.1) is 6.20 Å². The number of H-pyrrole nitrogens is 1. The van der Waals surface area contributed by atoms with E-state index in [2.05, 4.69) is 9.97 Å². The molecule has 0 radical (unpaired) electrons. The van der Waals surface area contributed by atoms with Crippen LogP contribution >= 0.6 is 0 Å². The third-order valence-corrected chi connectivity index (χ3v) is 2.59. The molecule has 0 amide bonds. The van der Waals surface area contributed by atoms with E-state index in [1.54, 1.807) is 0 Å². The monoisotopic (exact) mass is 179 g/mol. The molecule has 0 bridgehead atoms. The Bertz CT molecular complexity index is 352. The van der Waals surface area contributed by atoms with E-state index in [-0.39, 0.29) is 11.2 Å². The molecule has 0 spiro atoms. The van der Waals surface area contributed by atoms with Gasteiger partial charge in [-0.25, -0.2) is 4.98 Å². The molecule has 13 heavy (non-hydrogen) atoms. The second-order valence-corrected chi connectivity index (χ2v) is 3.53. The van der Waals surface area contributed by atoms with Crippen molar-refractivity contribution in [2.24, 2.45) is 0 Å². The number of aromatic amines is 1. The summed E-state index contributed by atoms with van der Waals surface area (Å²) >= 11 is 0. The molecule has 0 aromatic carbocycles. The van der Waals surface area contributed by atoms with Crippen molar-refractivity contribution in [3.05, 3.63) is 22.4 Å². The maximum atomic E-state index is 11.2. The second kappa shape index (κ2) is 3.20. The Labute approximate surface area is 76.2 Å². The van der Waals surface area contributed by atoms with Crippen LogP contribution in [0.3, 0.4) is 0 Å². The lowest BCUT2D eigenvalue weighted by Crippen LogP contribution is -2.16. The molecule has 1 aliphatic carbocycles. The van der Waals surface area contributed by atoms with E-state index in [0.717, 1.165) is 18.7 Å². The summed E-state index contributed by atoms with van der Waals surface area (Å²) in [6, 6.07) is 0. The molecule has 1 heterocycles. The fourth-order valence-electron chi connectivity index (χ4n) is 1.83. The molecule has 0 saturated heterocycles. The SMILES string of the molecule is Nc1cnc(C2CCCC2)[nH]c1=O. The van der Waals surface area contributed by atoms with Crippen LogP contribution in [0.5, 0.6) is 0 Å². The van der Waals surface area contributed by atoms with E-state index in [0.29, 0.717) is 5.92 Å². The summed E-state index contributed by atoms with van der Waals surface area (Å²) in [5.74, 6) is 1.24. The summed E-state index contributed by atoms with van der Waals surface area (Å²) in [4.78, 5) is 18.0. The number of aromatic nitrogens is 2. The molecular formula is C9H13N3O. The van der Waals surface area contributed by atoms with Crippen LogP contribution in [-0.4, -0.2) is 9.97 Å². The van der Waals surface area contributed by atoms with Crippen LogP contribution in [-0.2, 0) is 0 Å². The Hall–Kier alpha value is -1.32. The largest absolute Gasteiger partial charge is 0.393 e. The van der Waals surface area contributed by atoms with Crippen molar-refractivity contribution in [2.45, 2.75) is 31.6 Å². The number of nitrogens with zero attached hydrogens (tertiary/aromatic N) is 1. The molecule has 1 fully saturated rings. The quantitative estimate of drug-likeness (QED) is 0.675. The second-order valence-electron chi connectivity index (χ2n) is 3.53. The highest BCUT2D eigenvalue weighted by Crippen LogP contribution is 2.31. The highest BCUT2D eigenvalue weighted by molar-refractivity contribution is 5.30. The zero-order chi connectivity index (χ0) is 9.26. The van der Waals surface area contributed by atoms with Crippen LogP contribution in [0.15, 0.2) is 11.0 Å². The maximum Gasteiger partial charge on any atom is 0.274 e. The number of hydrogen-bond donors (Lipinski definition) is 2. The molecule has 0 atom stereocenters. The van der Waals surface area contributed by atoms with Gasteiger partial charge in [0.25, 0.3) is 5.56 Å². The molecule has 4 heteroatoms. The fraction of sp³-hybridized carbons (Fsp3) is 0.556. The summed E-state index contributed by atoms with van der Waals surface area (Å²) in [6.07, 6.45) is 6.18. The van der Waals surface area contributed by atoms with Crippen LogP contribution < -0.4 is 11.3 Å². The van der Waals surface area contributed by atoms with E-state index in [1.807, 2.05) is 0 Å². The normalized spacial score (nSPS) is 17.8. The van der Waals surface area contributed by atoms with E-state index in [4.69, 9.17) is 5.73 Å². The van der Waals surface area contributed by atoms with E-state index in [9.17, 15) is 4.79 Å². The van der Waals surface area contributed by atoms with Crippen LogP contribution in [0, 0.1) is 0 Å². The molecule has 2 rings (SSSR count). The first kappa shape index (κ1) is 8.29. The topological polar surface area (TPSA) is 71.8 Å². The van der Waals surface area contributed by atoms with Gasteiger partial charge < -0.3 is 10.7 Å². The van der Waals surface area contributed by atoms with Gasteiger partial charge in [0, 0.05) is 5.92 Å². The Morgan fingerprint density at radius 2 is 2.15 bits per heavy atom. The van der Waals surface area contributed by atoms with Gasteiger partial charge in [-0.15, -0.1) is 0 Å². The van der Waals surface area contributed by atoms with Gasteiger partial charge in [0.15, 0.2) is 0 Å². The standard InChI is InChI=1S/C9H13N3O/c10-7-5-11-8(12-9(7)13)6-3-1-2-4-6/h5-6H,1-4,10H2,(H,11,12,13). The number of anilines is 1. The highest BCUT2D eigenvalue weighted by Gasteiger charge is 2.19. The van der Waals surface area contributed by atoms with Crippen LogP contribution in [0.25, 0.3) is 0 Å². The Kier molecular flexibility index (Phi) is 2.04. The number of nitrogen functional groups attached to an aromatic ring is 1. The molecular weight excluding hydrogens is 166 g/mol. The summed E-state index contributed by atoms with van der Waals surface area (Å²) in [7, 11) is 0. The number of rotatable bonds is 1. The van der Waals surface area contributed by atoms with Crippen molar-refractivity contribution < 1.29 is 0 Å². The minimum absolute atomic E-state index is 0.196. The van der Waals surface area contributed by atoms with Gasteiger partial charge in [-0.05, 0) is 12.8 Å². The first-order valence-corrected chi connectivity index (χ1v) is 4.62. The lowest BCUT2D eigenvalue weighted by Gasteiger charge is -2.06. The zero-order valence-corrected chi connectivity index (χ0v) is 7.42. The third kappa shape index (κ3) is 1.56. The van der Waals surface area contributed by atoms with Crippen molar-refractivity contribution in [3.8, 4) is 0 Å². The maximum absolute atomic E-state index is 11.2. The Morgan fingerprint density at radius 1 is 1.46 bits per heavy atom. The van der Waals surface area contributed by atoms with Gasteiger partial charge in [0.2, 0.25) is 0 Å². The number of hydrogen-bond acceptors (Lipinski definition) is 3. The molecule has 4 nitrogen and oxygen atoms in total. The summed E-state index contributed by atoms with van der Waals surface area (Å²) in [5.41, 5.74) is 5.37. The predicted octanol–water partition coefficient (Wildman–Crippen LogP) is 1.01. The predicted molar refractivity (Wildman–Crippen MR) is 50.5 cm³/mol. The molecule has 1 aromatic rings. The van der Waals surface area contributed by atoms with Crippen LogP contribution in [0.4, 0.5) is 5.69 Å². The molecule has 0 unspecified atom stereocenters. The first-order chi connectivity index (χ1) is 6.27. The average molecular weight is 179 g/mol. The first-order valence-electron chi connectivity index (χ1n) is 4.62. The molecule has 1 saturated carbocycles. The highest BCUT2D eigenvalue weighted by atomic mass is 16.1. The third-order valence-electron chi connectivity index (χ3n) is 2.59. The van der Waals surface area contributed by atoms with E-state index >= 15 is 0 Å². The van der Waals surface area contributed by atoms with Gasteiger partial charge in [-0.3, -0.25) is 4.79 Å². The van der Waals surface area contributed by atoms with Gasteiger partial charge >= 0.3 is 0 Å². The van der Waals surface area contributed by atoms with Crippen molar-refractivity contribution in [1.29, 1.82) is 0 Å².